The largest absolute Gasteiger partial charge is 0.398 e. The van der Waals surface area contributed by atoms with E-state index in [1.807, 2.05) is 19.9 Å². The van der Waals surface area contributed by atoms with Gasteiger partial charge in [0.2, 0.25) is 0 Å². The minimum Gasteiger partial charge on any atom is -0.398 e. The van der Waals surface area contributed by atoms with Gasteiger partial charge in [0.1, 0.15) is 0 Å². The molecular weight excluding hydrogens is 306 g/mol. The third-order valence-electron chi connectivity index (χ3n) is 2.81. The summed E-state index contributed by atoms with van der Waals surface area (Å²) in [5.74, 6) is -0.184. The Kier molecular flexibility index (Phi) is 3.85. The van der Waals surface area contributed by atoms with Crippen LogP contribution in [0.5, 0.6) is 0 Å². The van der Waals surface area contributed by atoms with Gasteiger partial charge in [0.25, 0.3) is 5.91 Å². The van der Waals surface area contributed by atoms with Crippen molar-refractivity contribution < 1.29 is 4.79 Å². The summed E-state index contributed by atoms with van der Waals surface area (Å²) in [6, 6.07) is 7.11. The maximum Gasteiger partial charge on any atom is 0.256 e. The molecule has 19 heavy (non-hydrogen) atoms. The van der Waals surface area contributed by atoms with Crippen LogP contribution in [0.4, 0.5) is 11.4 Å². The molecule has 2 rings (SSSR count). The lowest BCUT2D eigenvalue weighted by molar-refractivity contribution is 0.102. The molecule has 3 N–H and O–H groups in total. The van der Waals surface area contributed by atoms with E-state index < -0.39 is 0 Å². The molecule has 0 fully saturated rings. The SMILES string of the molecule is Cc1cc(NC(=O)c2cc(Br)cc(N)c2C)ccn1. The van der Waals surface area contributed by atoms with Gasteiger partial charge in [-0.25, -0.2) is 0 Å². The van der Waals surface area contributed by atoms with E-state index in [4.69, 9.17) is 5.73 Å². The van der Waals surface area contributed by atoms with Gasteiger partial charge < -0.3 is 11.1 Å². The minimum atomic E-state index is -0.184. The summed E-state index contributed by atoms with van der Waals surface area (Å²) in [6.07, 6.45) is 1.66. The molecule has 0 bridgehead atoms. The molecule has 2 aromatic rings. The topological polar surface area (TPSA) is 68.0 Å². The number of aryl methyl sites for hydroxylation is 1. The predicted octanol–water partition coefficient (Wildman–Crippen LogP) is 3.30. The molecule has 0 unspecified atom stereocenters. The average molecular weight is 320 g/mol. The lowest BCUT2D eigenvalue weighted by atomic mass is 10.1. The quantitative estimate of drug-likeness (QED) is 0.834. The van der Waals surface area contributed by atoms with Crippen molar-refractivity contribution in [2.45, 2.75) is 13.8 Å². The number of carbonyl (C=O) groups excluding carboxylic acids is 1. The molecule has 0 aliphatic rings. The van der Waals surface area contributed by atoms with Crippen molar-refractivity contribution >= 4 is 33.2 Å². The van der Waals surface area contributed by atoms with E-state index in [0.29, 0.717) is 11.3 Å². The first-order valence-corrected chi connectivity index (χ1v) is 6.56. The molecule has 0 spiro atoms. The summed E-state index contributed by atoms with van der Waals surface area (Å²) in [5, 5.41) is 2.84. The number of nitrogens with one attached hydrogen (secondary N) is 1. The first kappa shape index (κ1) is 13.5. The third kappa shape index (κ3) is 3.12. The molecule has 98 valence electrons. The summed E-state index contributed by atoms with van der Waals surface area (Å²) >= 11 is 3.34. The fourth-order valence-electron chi connectivity index (χ4n) is 1.76. The fourth-order valence-corrected chi connectivity index (χ4v) is 2.23. The molecule has 0 saturated heterocycles. The number of amides is 1. The van der Waals surface area contributed by atoms with Crippen LogP contribution in [-0.4, -0.2) is 10.9 Å². The molecule has 0 atom stereocenters. The summed E-state index contributed by atoms with van der Waals surface area (Å²) in [4.78, 5) is 16.3. The highest BCUT2D eigenvalue weighted by Gasteiger charge is 2.12. The zero-order valence-electron chi connectivity index (χ0n) is 10.7. The normalized spacial score (nSPS) is 10.3. The number of hydrogen-bond acceptors (Lipinski definition) is 3. The summed E-state index contributed by atoms with van der Waals surface area (Å²) in [5.41, 5.74) is 9.34. The molecule has 0 aliphatic carbocycles. The van der Waals surface area contributed by atoms with E-state index in [1.165, 1.54) is 0 Å². The van der Waals surface area contributed by atoms with E-state index in [0.717, 1.165) is 21.4 Å². The van der Waals surface area contributed by atoms with Crippen LogP contribution in [0.15, 0.2) is 34.9 Å². The van der Waals surface area contributed by atoms with Crippen molar-refractivity contribution in [3.63, 3.8) is 0 Å². The maximum atomic E-state index is 12.2. The van der Waals surface area contributed by atoms with Gasteiger partial charge in [0.05, 0.1) is 0 Å². The van der Waals surface area contributed by atoms with Crippen LogP contribution >= 0.6 is 15.9 Å². The maximum absolute atomic E-state index is 12.2. The number of nitrogens with two attached hydrogens (primary N) is 1. The number of nitrogens with zero attached hydrogens (tertiary/aromatic N) is 1. The number of nitrogen functional groups attached to an aromatic ring is 1. The van der Waals surface area contributed by atoms with E-state index in [1.54, 1.807) is 24.4 Å². The number of rotatable bonds is 2. The van der Waals surface area contributed by atoms with Crippen molar-refractivity contribution in [2.24, 2.45) is 0 Å². The first-order valence-electron chi connectivity index (χ1n) is 5.77. The monoisotopic (exact) mass is 319 g/mol. The number of anilines is 2. The highest BCUT2D eigenvalue weighted by atomic mass is 79.9. The fraction of sp³-hybridized carbons (Fsp3) is 0.143. The molecule has 0 radical (unpaired) electrons. The van der Waals surface area contributed by atoms with Gasteiger partial charge in [-0.2, -0.15) is 0 Å². The van der Waals surface area contributed by atoms with Gasteiger partial charge in [-0.3, -0.25) is 9.78 Å². The Morgan fingerprint density at radius 3 is 2.74 bits per heavy atom. The molecule has 1 heterocycles. The second-order valence-corrected chi connectivity index (χ2v) is 5.22. The van der Waals surface area contributed by atoms with Crippen LogP contribution in [0.25, 0.3) is 0 Å². The van der Waals surface area contributed by atoms with Crippen LogP contribution in [0, 0.1) is 13.8 Å². The molecule has 0 saturated carbocycles. The van der Waals surface area contributed by atoms with Crippen molar-refractivity contribution in [1.82, 2.24) is 4.98 Å². The third-order valence-corrected chi connectivity index (χ3v) is 3.27. The predicted molar refractivity (Wildman–Crippen MR) is 80.2 cm³/mol. The van der Waals surface area contributed by atoms with Gasteiger partial charge in [0, 0.05) is 33.3 Å². The second kappa shape index (κ2) is 5.40. The van der Waals surface area contributed by atoms with Crippen LogP contribution < -0.4 is 11.1 Å². The first-order chi connectivity index (χ1) is 8.97. The molecule has 1 amide bonds. The Balaban J connectivity index is 2.30. The number of carbonyl (C=O) groups is 1. The Morgan fingerprint density at radius 2 is 2.05 bits per heavy atom. The molecule has 5 heteroatoms. The van der Waals surface area contributed by atoms with Gasteiger partial charge in [-0.15, -0.1) is 0 Å². The number of benzene rings is 1. The Bertz CT molecular complexity index is 641. The highest BCUT2D eigenvalue weighted by Crippen LogP contribution is 2.23. The highest BCUT2D eigenvalue weighted by molar-refractivity contribution is 9.10. The number of hydrogen-bond donors (Lipinski definition) is 2. The van der Waals surface area contributed by atoms with Crippen LogP contribution in [0.1, 0.15) is 21.6 Å². The Morgan fingerprint density at radius 1 is 1.32 bits per heavy atom. The minimum absolute atomic E-state index is 0.184. The van der Waals surface area contributed by atoms with Crippen molar-refractivity contribution in [2.75, 3.05) is 11.1 Å². The lowest BCUT2D eigenvalue weighted by Gasteiger charge is -2.10. The van der Waals surface area contributed by atoms with E-state index in [9.17, 15) is 4.79 Å². The van der Waals surface area contributed by atoms with Gasteiger partial charge in [-0.05, 0) is 43.7 Å². The van der Waals surface area contributed by atoms with Crippen molar-refractivity contribution in [3.8, 4) is 0 Å². The molecule has 0 aliphatic heterocycles. The van der Waals surface area contributed by atoms with E-state index in [-0.39, 0.29) is 5.91 Å². The summed E-state index contributed by atoms with van der Waals surface area (Å²) in [7, 11) is 0. The van der Waals surface area contributed by atoms with Crippen molar-refractivity contribution in [3.05, 3.63) is 51.8 Å². The lowest BCUT2D eigenvalue weighted by Crippen LogP contribution is -2.14. The number of halogens is 1. The summed E-state index contributed by atoms with van der Waals surface area (Å²) in [6.45, 7) is 3.70. The molecule has 1 aromatic heterocycles. The number of pyridine rings is 1. The zero-order chi connectivity index (χ0) is 14.0. The molecular formula is C14H14BrN3O. The van der Waals surface area contributed by atoms with Crippen LogP contribution in [0.2, 0.25) is 0 Å². The van der Waals surface area contributed by atoms with Gasteiger partial charge >= 0.3 is 0 Å². The zero-order valence-corrected chi connectivity index (χ0v) is 12.3. The van der Waals surface area contributed by atoms with Crippen LogP contribution in [-0.2, 0) is 0 Å². The Labute approximate surface area is 120 Å². The molecule has 4 nitrogen and oxygen atoms in total. The molecule has 1 aromatic carbocycles. The Hall–Kier alpha value is -1.88. The van der Waals surface area contributed by atoms with Crippen molar-refractivity contribution in [1.29, 1.82) is 0 Å². The standard InChI is InChI=1S/C14H14BrN3O/c1-8-5-11(3-4-17-8)18-14(19)12-6-10(15)7-13(16)9(12)2/h3-7H,16H2,1-2H3,(H,17,18,19). The van der Waals surface area contributed by atoms with Gasteiger partial charge in [0.15, 0.2) is 0 Å². The van der Waals surface area contributed by atoms with Gasteiger partial charge in [-0.1, -0.05) is 15.9 Å². The van der Waals surface area contributed by atoms with E-state index >= 15 is 0 Å². The number of aromatic nitrogens is 1. The smallest absolute Gasteiger partial charge is 0.256 e. The second-order valence-electron chi connectivity index (χ2n) is 4.31. The summed E-state index contributed by atoms with van der Waals surface area (Å²) < 4.78 is 0.784. The van der Waals surface area contributed by atoms with Crippen LogP contribution in [0.3, 0.4) is 0 Å². The van der Waals surface area contributed by atoms with E-state index in [2.05, 4.69) is 26.2 Å². The average Bonchev–Trinajstić information content (AvgIpc) is 2.33.